The summed E-state index contributed by atoms with van der Waals surface area (Å²) in [6, 6.07) is 8.33. The Labute approximate surface area is 134 Å². The fourth-order valence-corrected chi connectivity index (χ4v) is 3.24. The summed E-state index contributed by atoms with van der Waals surface area (Å²) in [6.45, 7) is 2.77. The van der Waals surface area contributed by atoms with Crippen LogP contribution >= 0.6 is 0 Å². The SMILES string of the molecule is CC1C(c2ncco2)=NC(N)=CN1[C@@H]1CCOc2ccccc21. The average molecular weight is 310 g/mol. The summed E-state index contributed by atoms with van der Waals surface area (Å²) in [6.07, 6.45) is 5.97. The van der Waals surface area contributed by atoms with Gasteiger partial charge in [0.1, 0.15) is 23.5 Å². The number of fused-ring (bicyclic) bond motifs is 1. The van der Waals surface area contributed by atoms with Gasteiger partial charge in [-0.1, -0.05) is 18.2 Å². The molecule has 1 aromatic heterocycles. The van der Waals surface area contributed by atoms with Crippen molar-refractivity contribution in [2.24, 2.45) is 10.7 Å². The van der Waals surface area contributed by atoms with Crippen molar-refractivity contribution in [3.8, 4) is 5.75 Å². The van der Waals surface area contributed by atoms with Crippen LogP contribution < -0.4 is 10.5 Å². The number of para-hydroxylation sites is 1. The smallest absolute Gasteiger partial charge is 0.242 e. The first-order chi connectivity index (χ1) is 11.2. The first-order valence-electron chi connectivity index (χ1n) is 7.69. The Hall–Kier alpha value is -2.76. The molecule has 1 unspecified atom stereocenters. The molecule has 0 amide bonds. The van der Waals surface area contributed by atoms with Crippen molar-refractivity contribution in [3.05, 3.63) is 60.2 Å². The van der Waals surface area contributed by atoms with E-state index in [1.807, 2.05) is 24.4 Å². The molecule has 2 atom stereocenters. The van der Waals surface area contributed by atoms with Gasteiger partial charge in [0.25, 0.3) is 0 Å². The van der Waals surface area contributed by atoms with Gasteiger partial charge < -0.3 is 19.8 Å². The maximum absolute atomic E-state index is 6.04. The fraction of sp³-hybridized carbons (Fsp3) is 0.294. The van der Waals surface area contributed by atoms with Gasteiger partial charge in [-0.3, -0.25) is 0 Å². The Bertz CT molecular complexity index is 767. The van der Waals surface area contributed by atoms with Gasteiger partial charge in [0.15, 0.2) is 0 Å². The second-order valence-electron chi connectivity index (χ2n) is 5.70. The van der Waals surface area contributed by atoms with E-state index in [2.05, 4.69) is 27.9 Å². The molecule has 2 aliphatic rings. The molecule has 2 aliphatic heterocycles. The Kier molecular flexibility index (Phi) is 3.29. The van der Waals surface area contributed by atoms with Crippen LogP contribution in [0.15, 0.2) is 58.2 Å². The molecule has 118 valence electrons. The highest BCUT2D eigenvalue weighted by molar-refractivity contribution is 6.01. The summed E-state index contributed by atoms with van der Waals surface area (Å²) in [4.78, 5) is 10.9. The van der Waals surface area contributed by atoms with Crippen LogP contribution in [-0.4, -0.2) is 28.2 Å². The number of hydrogen-bond acceptors (Lipinski definition) is 6. The third kappa shape index (κ3) is 2.36. The van der Waals surface area contributed by atoms with Crippen LogP contribution in [0.4, 0.5) is 0 Å². The standard InChI is InChI=1S/C17H18N4O2/c1-11-16(17-19-7-9-23-17)20-15(18)10-21(11)13-6-8-22-14-5-3-2-4-12(13)14/h2-5,7,9-11,13H,6,8,18H2,1H3/t11?,13-/m1/s1. The number of nitrogens with two attached hydrogens (primary N) is 1. The van der Waals surface area contributed by atoms with Crippen LogP contribution in [0, 0.1) is 0 Å². The maximum Gasteiger partial charge on any atom is 0.242 e. The van der Waals surface area contributed by atoms with Crippen molar-refractivity contribution in [2.75, 3.05) is 6.61 Å². The monoisotopic (exact) mass is 310 g/mol. The van der Waals surface area contributed by atoms with Crippen LogP contribution in [-0.2, 0) is 0 Å². The number of ether oxygens (including phenoxy) is 1. The van der Waals surface area contributed by atoms with Crippen LogP contribution in [0.5, 0.6) is 5.75 Å². The van der Waals surface area contributed by atoms with E-state index in [1.54, 1.807) is 12.5 Å². The first kappa shape index (κ1) is 13.9. The van der Waals surface area contributed by atoms with Crippen molar-refractivity contribution in [2.45, 2.75) is 25.4 Å². The summed E-state index contributed by atoms with van der Waals surface area (Å²) in [5.74, 6) is 1.90. The molecule has 2 N–H and O–H groups in total. The van der Waals surface area contributed by atoms with Crippen molar-refractivity contribution >= 4 is 5.71 Å². The lowest BCUT2D eigenvalue weighted by Gasteiger charge is -2.40. The Balaban J connectivity index is 1.72. The molecular weight excluding hydrogens is 292 g/mol. The van der Waals surface area contributed by atoms with Gasteiger partial charge in [-0.25, -0.2) is 9.98 Å². The molecule has 6 nitrogen and oxygen atoms in total. The third-order valence-corrected chi connectivity index (χ3v) is 4.31. The maximum atomic E-state index is 6.04. The Morgan fingerprint density at radius 3 is 3.00 bits per heavy atom. The Morgan fingerprint density at radius 2 is 2.17 bits per heavy atom. The Morgan fingerprint density at radius 1 is 1.30 bits per heavy atom. The van der Waals surface area contributed by atoms with E-state index in [0.29, 0.717) is 18.3 Å². The minimum Gasteiger partial charge on any atom is -0.493 e. The van der Waals surface area contributed by atoms with Gasteiger partial charge in [-0.2, -0.15) is 0 Å². The van der Waals surface area contributed by atoms with Gasteiger partial charge in [0.05, 0.1) is 24.9 Å². The molecule has 3 heterocycles. The van der Waals surface area contributed by atoms with Crippen molar-refractivity contribution < 1.29 is 9.15 Å². The van der Waals surface area contributed by atoms with Crippen molar-refractivity contribution in [3.63, 3.8) is 0 Å². The molecule has 0 saturated heterocycles. The van der Waals surface area contributed by atoms with Gasteiger partial charge in [0.2, 0.25) is 5.89 Å². The molecular formula is C17H18N4O2. The van der Waals surface area contributed by atoms with Gasteiger partial charge in [0, 0.05) is 18.2 Å². The number of aromatic nitrogens is 1. The average Bonchev–Trinajstić information content (AvgIpc) is 3.10. The summed E-state index contributed by atoms with van der Waals surface area (Å²) < 4.78 is 11.2. The molecule has 0 bridgehead atoms. The largest absolute Gasteiger partial charge is 0.493 e. The second-order valence-corrected chi connectivity index (χ2v) is 5.70. The lowest BCUT2D eigenvalue weighted by atomic mass is 9.96. The highest BCUT2D eigenvalue weighted by Crippen LogP contribution is 2.38. The minimum atomic E-state index is 0.0112. The second kappa shape index (κ2) is 5.46. The molecule has 6 heteroatoms. The number of hydrogen-bond donors (Lipinski definition) is 1. The van der Waals surface area contributed by atoms with E-state index >= 15 is 0 Å². The van der Waals surface area contributed by atoms with E-state index in [-0.39, 0.29) is 12.1 Å². The van der Waals surface area contributed by atoms with Crippen LogP contribution in [0.1, 0.15) is 30.8 Å². The van der Waals surface area contributed by atoms with Crippen LogP contribution in [0.2, 0.25) is 0 Å². The summed E-state index contributed by atoms with van der Waals surface area (Å²) in [5.41, 5.74) is 7.96. The van der Waals surface area contributed by atoms with Gasteiger partial charge >= 0.3 is 0 Å². The van der Waals surface area contributed by atoms with E-state index < -0.39 is 0 Å². The third-order valence-electron chi connectivity index (χ3n) is 4.31. The normalized spacial score (nSPS) is 23.6. The minimum absolute atomic E-state index is 0.0112. The van der Waals surface area contributed by atoms with Gasteiger partial charge in [-0.15, -0.1) is 0 Å². The number of aliphatic imine (C=N–C) groups is 1. The fourth-order valence-electron chi connectivity index (χ4n) is 3.24. The summed E-state index contributed by atoms with van der Waals surface area (Å²) >= 11 is 0. The van der Waals surface area contributed by atoms with E-state index in [9.17, 15) is 0 Å². The molecule has 1 aromatic carbocycles. The first-order valence-corrected chi connectivity index (χ1v) is 7.69. The molecule has 0 aliphatic carbocycles. The van der Waals surface area contributed by atoms with E-state index in [0.717, 1.165) is 17.9 Å². The zero-order valence-corrected chi connectivity index (χ0v) is 12.8. The number of benzene rings is 1. The lowest BCUT2D eigenvalue weighted by Crippen LogP contribution is -2.43. The molecule has 0 fully saturated rings. The number of nitrogens with zero attached hydrogens (tertiary/aromatic N) is 3. The lowest BCUT2D eigenvalue weighted by molar-refractivity contribution is 0.171. The molecule has 0 spiro atoms. The predicted octanol–water partition coefficient (Wildman–Crippen LogP) is 2.45. The highest BCUT2D eigenvalue weighted by atomic mass is 16.5. The number of rotatable bonds is 2. The summed E-state index contributed by atoms with van der Waals surface area (Å²) in [5, 5.41) is 0. The van der Waals surface area contributed by atoms with Crippen LogP contribution in [0.25, 0.3) is 0 Å². The molecule has 0 radical (unpaired) electrons. The zero-order valence-electron chi connectivity index (χ0n) is 12.8. The highest BCUT2D eigenvalue weighted by Gasteiger charge is 2.34. The molecule has 4 rings (SSSR count). The zero-order chi connectivity index (χ0) is 15.8. The number of oxazole rings is 1. The quantitative estimate of drug-likeness (QED) is 0.922. The van der Waals surface area contributed by atoms with E-state index in [1.165, 1.54) is 5.56 Å². The molecule has 23 heavy (non-hydrogen) atoms. The topological polar surface area (TPSA) is 76.9 Å². The van der Waals surface area contributed by atoms with Gasteiger partial charge in [-0.05, 0) is 13.0 Å². The summed E-state index contributed by atoms with van der Waals surface area (Å²) in [7, 11) is 0. The molecule has 2 aromatic rings. The van der Waals surface area contributed by atoms with Crippen molar-refractivity contribution in [1.29, 1.82) is 0 Å². The predicted molar refractivity (Wildman–Crippen MR) is 85.9 cm³/mol. The van der Waals surface area contributed by atoms with Crippen LogP contribution in [0.3, 0.4) is 0 Å². The van der Waals surface area contributed by atoms with Crippen molar-refractivity contribution in [1.82, 2.24) is 9.88 Å². The molecule has 0 saturated carbocycles. The van der Waals surface area contributed by atoms with E-state index in [4.69, 9.17) is 14.9 Å².